The molecule has 1 fully saturated rings. The molecule has 0 bridgehead atoms. The number of likely N-dealkylation sites (tertiary alicyclic amines) is 1. The number of nitrogens with zero attached hydrogens (tertiary/aromatic N) is 1. The second-order valence-corrected chi connectivity index (χ2v) is 6.69. The van der Waals surface area contributed by atoms with Gasteiger partial charge in [0.25, 0.3) is 0 Å². The Hall–Kier alpha value is -1.35. The monoisotopic (exact) mass is 275 g/mol. The van der Waals surface area contributed by atoms with Gasteiger partial charge < -0.3 is 5.11 Å². The van der Waals surface area contributed by atoms with Gasteiger partial charge in [0, 0.05) is 17.7 Å². The lowest BCUT2D eigenvalue weighted by Gasteiger charge is -2.23. The van der Waals surface area contributed by atoms with Crippen LogP contribution in [0.4, 0.5) is 0 Å². The van der Waals surface area contributed by atoms with Gasteiger partial charge in [-0.2, -0.15) is 0 Å². The third-order valence-electron chi connectivity index (χ3n) is 4.31. The maximum absolute atomic E-state index is 11.4. The molecule has 0 amide bonds. The molecule has 0 saturated carbocycles. The number of carbonyl (C=O) groups excluding carboxylic acids is 1. The topological polar surface area (TPSA) is 40.5 Å². The SMILES string of the molecule is CC(=O)c1ccc(O)c(CN2CCCC(C)(C)CC2)c1. The van der Waals surface area contributed by atoms with Crippen LogP contribution < -0.4 is 0 Å². The van der Waals surface area contributed by atoms with Crippen LogP contribution in [-0.2, 0) is 6.54 Å². The molecule has 0 aromatic heterocycles. The molecule has 1 saturated heterocycles. The number of benzene rings is 1. The van der Waals surface area contributed by atoms with Crippen molar-refractivity contribution in [1.82, 2.24) is 4.90 Å². The van der Waals surface area contributed by atoms with E-state index < -0.39 is 0 Å². The van der Waals surface area contributed by atoms with Gasteiger partial charge in [-0.15, -0.1) is 0 Å². The van der Waals surface area contributed by atoms with Gasteiger partial charge in [0.05, 0.1) is 0 Å². The summed E-state index contributed by atoms with van der Waals surface area (Å²) in [6.45, 7) is 9.05. The van der Waals surface area contributed by atoms with Crippen molar-refractivity contribution in [2.75, 3.05) is 13.1 Å². The molecular weight excluding hydrogens is 250 g/mol. The van der Waals surface area contributed by atoms with Crippen LogP contribution in [0.3, 0.4) is 0 Å². The molecule has 0 aliphatic carbocycles. The summed E-state index contributed by atoms with van der Waals surface area (Å²) >= 11 is 0. The van der Waals surface area contributed by atoms with Gasteiger partial charge in [0.15, 0.2) is 5.78 Å². The summed E-state index contributed by atoms with van der Waals surface area (Å²) in [4.78, 5) is 13.8. The minimum atomic E-state index is 0.0447. The van der Waals surface area contributed by atoms with Gasteiger partial charge in [0.2, 0.25) is 0 Å². The average Bonchev–Trinajstić information content (AvgIpc) is 2.53. The fourth-order valence-corrected chi connectivity index (χ4v) is 2.81. The summed E-state index contributed by atoms with van der Waals surface area (Å²) in [6.07, 6.45) is 3.63. The number of phenols is 1. The Balaban J connectivity index is 2.09. The number of aromatic hydroxyl groups is 1. The number of ketones is 1. The molecule has 0 spiro atoms. The van der Waals surface area contributed by atoms with E-state index in [1.807, 2.05) is 6.07 Å². The minimum absolute atomic E-state index is 0.0447. The average molecular weight is 275 g/mol. The van der Waals surface area contributed by atoms with Gasteiger partial charge in [0.1, 0.15) is 5.75 Å². The van der Waals surface area contributed by atoms with Crippen LogP contribution in [0.5, 0.6) is 5.75 Å². The van der Waals surface area contributed by atoms with E-state index in [9.17, 15) is 9.90 Å². The van der Waals surface area contributed by atoms with E-state index >= 15 is 0 Å². The lowest BCUT2D eigenvalue weighted by atomic mass is 9.85. The molecule has 1 heterocycles. The van der Waals surface area contributed by atoms with Crippen LogP contribution in [0.25, 0.3) is 0 Å². The quantitative estimate of drug-likeness (QED) is 0.857. The molecule has 1 aromatic rings. The van der Waals surface area contributed by atoms with Crippen molar-refractivity contribution in [3.05, 3.63) is 29.3 Å². The first-order valence-electron chi connectivity index (χ1n) is 7.43. The van der Waals surface area contributed by atoms with Crippen LogP contribution in [0.1, 0.15) is 56.0 Å². The second-order valence-electron chi connectivity index (χ2n) is 6.69. The Morgan fingerprint density at radius 2 is 2.05 bits per heavy atom. The fourth-order valence-electron chi connectivity index (χ4n) is 2.81. The molecule has 110 valence electrons. The number of rotatable bonds is 3. The molecule has 1 aliphatic rings. The highest BCUT2D eigenvalue weighted by atomic mass is 16.3. The van der Waals surface area contributed by atoms with Gasteiger partial charge >= 0.3 is 0 Å². The van der Waals surface area contributed by atoms with Gasteiger partial charge in [-0.25, -0.2) is 0 Å². The molecule has 3 nitrogen and oxygen atoms in total. The number of phenolic OH excluding ortho intramolecular Hbond substituents is 1. The molecule has 0 unspecified atom stereocenters. The lowest BCUT2D eigenvalue weighted by molar-refractivity contribution is 0.101. The largest absolute Gasteiger partial charge is 0.508 e. The Labute approximate surface area is 121 Å². The number of hydrogen-bond donors (Lipinski definition) is 1. The van der Waals surface area contributed by atoms with Crippen molar-refractivity contribution in [3.8, 4) is 5.75 Å². The zero-order chi connectivity index (χ0) is 14.8. The summed E-state index contributed by atoms with van der Waals surface area (Å²) in [6, 6.07) is 5.15. The second kappa shape index (κ2) is 5.96. The summed E-state index contributed by atoms with van der Waals surface area (Å²) in [5, 5.41) is 9.98. The summed E-state index contributed by atoms with van der Waals surface area (Å²) in [7, 11) is 0. The van der Waals surface area contributed by atoms with Crippen molar-refractivity contribution >= 4 is 5.78 Å². The van der Waals surface area contributed by atoms with E-state index in [0.717, 1.165) is 25.2 Å². The molecular formula is C17H25NO2. The summed E-state index contributed by atoms with van der Waals surface area (Å²) in [5.41, 5.74) is 1.95. The van der Waals surface area contributed by atoms with Crippen LogP contribution in [-0.4, -0.2) is 28.9 Å². The van der Waals surface area contributed by atoms with Crippen LogP contribution in [0, 0.1) is 5.41 Å². The predicted octanol–water partition coefficient (Wildman–Crippen LogP) is 3.61. The molecule has 0 radical (unpaired) electrons. The van der Waals surface area contributed by atoms with Crippen LogP contribution >= 0.6 is 0 Å². The first-order chi connectivity index (χ1) is 9.37. The highest BCUT2D eigenvalue weighted by Crippen LogP contribution is 2.31. The van der Waals surface area contributed by atoms with Crippen LogP contribution in [0.2, 0.25) is 0 Å². The molecule has 1 aliphatic heterocycles. The summed E-state index contributed by atoms with van der Waals surface area (Å²) < 4.78 is 0. The van der Waals surface area contributed by atoms with Gasteiger partial charge in [-0.05, 0) is 62.9 Å². The molecule has 1 aromatic carbocycles. The van der Waals surface area contributed by atoms with Crippen molar-refractivity contribution in [3.63, 3.8) is 0 Å². The Kier molecular flexibility index (Phi) is 4.48. The highest BCUT2D eigenvalue weighted by molar-refractivity contribution is 5.94. The third kappa shape index (κ3) is 3.83. The maximum atomic E-state index is 11.4. The molecule has 2 rings (SSSR count). The van der Waals surface area contributed by atoms with Crippen molar-refractivity contribution in [1.29, 1.82) is 0 Å². The molecule has 0 atom stereocenters. The predicted molar refractivity (Wildman–Crippen MR) is 81.0 cm³/mol. The number of hydrogen-bond acceptors (Lipinski definition) is 3. The summed E-state index contributed by atoms with van der Waals surface area (Å²) in [5.74, 6) is 0.335. The van der Waals surface area contributed by atoms with E-state index in [1.54, 1.807) is 19.1 Å². The molecule has 3 heteroatoms. The molecule has 20 heavy (non-hydrogen) atoms. The number of carbonyl (C=O) groups is 1. The minimum Gasteiger partial charge on any atom is -0.508 e. The van der Waals surface area contributed by atoms with E-state index in [0.29, 0.717) is 16.7 Å². The van der Waals surface area contributed by atoms with Gasteiger partial charge in [-0.1, -0.05) is 13.8 Å². The van der Waals surface area contributed by atoms with Crippen molar-refractivity contribution < 1.29 is 9.90 Å². The maximum Gasteiger partial charge on any atom is 0.159 e. The fraction of sp³-hybridized carbons (Fsp3) is 0.588. The standard InChI is InChI=1S/C17H25NO2/c1-13(19)14-5-6-16(20)15(11-14)12-18-9-4-7-17(2,3)8-10-18/h5-6,11,20H,4,7-10,12H2,1-3H3. The van der Waals surface area contributed by atoms with Crippen molar-refractivity contribution in [2.24, 2.45) is 5.41 Å². The first-order valence-corrected chi connectivity index (χ1v) is 7.43. The Morgan fingerprint density at radius 3 is 2.75 bits per heavy atom. The zero-order valence-electron chi connectivity index (χ0n) is 12.8. The normalized spacial score (nSPS) is 19.6. The van der Waals surface area contributed by atoms with E-state index in [2.05, 4.69) is 18.7 Å². The van der Waals surface area contributed by atoms with E-state index in [-0.39, 0.29) is 5.78 Å². The zero-order valence-corrected chi connectivity index (χ0v) is 12.8. The Bertz CT molecular complexity index is 494. The molecule has 1 N–H and O–H groups in total. The third-order valence-corrected chi connectivity index (χ3v) is 4.31. The van der Waals surface area contributed by atoms with Gasteiger partial charge in [-0.3, -0.25) is 9.69 Å². The van der Waals surface area contributed by atoms with E-state index in [4.69, 9.17) is 0 Å². The smallest absolute Gasteiger partial charge is 0.159 e. The van der Waals surface area contributed by atoms with Crippen LogP contribution in [0.15, 0.2) is 18.2 Å². The number of Topliss-reactive ketones (excluding diaryl/α,β-unsaturated/α-hetero) is 1. The Morgan fingerprint density at radius 1 is 1.30 bits per heavy atom. The van der Waals surface area contributed by atoms with E-state index in [1.165, 1.54) is 19.3 Å². The highest BCUT2D eigenvalue weighted by Gasteiger charge is 2.23. The lowest BCUT2D eigenvalue weighted by Crippen LogP contribution is -2.25. The van der Waals surface area contributed by atoms with Crippen molar-refractivity contribution in [2.45, 2.75) is 46.6 Å². The first kappa shape index (κ1) is 15.0.